The molecule has 0 aliphatic heterocycles. The molecule has 1 aromatic carbocycles. The molecule has 0 radical (unpaired) electrons. The maximum atomic E-state index is 12.2. The van der Waals surface area contributed by atoms with Crippen molar-refractivity contribution in [3.05, 3.63) is 29.8 Å². The molecule has 0 saturated heterocycles. The highest BCUT2D eigenvalue weighted by molar-refractivity contribution is 7.89. The van der Waals surface area contributed by atoms with Gasteiger partial charge in [0.1, 0.15) is 11.6 Å². The van der Waals surface area contributed by atoms with Gasteiger partial charge in [0, 0.05) is 6.54 Å². The Kier molecular flexibility index (Phi) is 6.10. The van der Waals surface area contributed by atoms with Gasteiger partial charge in [-0.2, -0.15) is 0 Å². The highest BCUT2D eigenvalue weighted by Gasteiger charge is 2.25. The quantitative estimate of drug-likeness (QED) is 0.767. The Labute approximate surface area is 132 Å². The molecule has 0 aliphatic rings. The van der Waals surface area contributed by atoms with E-state index in [1.807, 2.05) is 6.92 Å². The number of benzene rings is 1. The van der Waals surface area contributed by atoms with E-state index < -0.39 is 27.6 Å². The van der Waals surface area contributed by atoms with Crippen molar-refractivity contribution in [2.24, 2.45) is 0 Å². The molecule has 0 aliphatic carbocycles. The van der Waals surface area contributed by atoms with Gasteiger partial charge < -0.3 is 10.1 Å². The van der Waals surface area contributed by atoms with E-state index in [1.165, 1.54) is 12.1 Å². The van der Waals surface area contributed by atoms with Crippen molar-refractivity contribution >= 4 is 16.0 Å². The number of sulfonamides is 1. The number of carbonyl (C=O) groups is 1. The second kappa shape index (κ2) is 7.21. The zero-order valence-electron chi connectivity index (χ0n) is 13.6. The molecule has 0 unspecified atom stereocenters. The van der Waals surface area contributed by atoms with Gasteiger partial charge >= 0.3 is 5.97 Å². The van der Waals surface area contributed by atoms with Gasteiger partial charge in [0.05, 0.1) is 4.90 Å². The second-order valence-electron chi connectivity index (χ2n) is 6.04. The molecular weight excluding hydrogens is 304 g/mol. The molecule has 0 amide bonds. The van der Waals surface area contributed by atoms with E-state index in [-0.39, 0.29) is 11.4 Å². The summed E-state index contributed by atoms with van der Waals surface area (Å²) in [6.07, 6.45) is 0. The molecule has 0 saturated carbocycles. The average molecular weight is 328 g/mol. The van der Waals surface area contributed by atoms with Crippen molar-refractivity contribution in [1.82, 2.24) is 10.0 Å². The number of rotatable bonds is 6. The third kappa shape index (κ3) is 5.75. The summed E-state index contributed by atoms with van der Waals surface area (Å²) in [6, 6.07) is 5.74. The molecule has 1 aromatic rings. The number of aryl methyl sites for hydroxylation is 1. The molecular formula is C15H24N2O4S. The Balaban J connectivity index is 2.73. The maximum Gasteiger partial charge on any atom is 0.325 e. The minimum Gasteiger partial charge on any atom is -0.459 e. The average Bonchev–Trinajstić information content (AvgIpc) is 2.37. The maximum absolute atomic E-state index is 12.2. The molecule has 2 N–H and O–H groups in total. The topological polar surface area (TPSA) is 84.5 Å². The minimum atomic E-state index is -3.66. The van der Waals surface area contributed by atoms with Crippen molar-refractivity contribution in [1.29, 1.82) is 0 Å². The van der Waals surface area contributed by atoms with Gasteiger partial charge in [0.15, 0.2) is 0 Å². The lowest BCUT2D eigenvalue weighted by Gasteiger charge is -2.23. The molecule has 0 bridgehead atoms. The van der Waals surface area contributed by atoms with Gasteiger partial charge in [-0.15, -0.1) is 0 Å². The molecule has 0 heterocycles. The third-order valence-corrected chi connectivity index (χ3v) is 4.29. The molecule has 22 heavy (non-hydrogen) atoms. The van der Waals surface area contributed by atoms with E-state index in [0.717, 1.165) is 5.56 Å². The first-order chi connectivity index (χ1) is 10.0. The molecule has 1 rings (SSSR count). The van der Waals surface area contributed by atoms with Crippen LogP contribution < -0.4 is 10.0 Å². The van der Waals surface area contributed by atoms with Crippen LogP contribution >= 0.6 is 0 Å². The van der Waals surface area contributed by atoms with Crippen LogP contribution in [0.15, 0.2) is 29.2 Å². The molecule has 0 spiro atoms. The Morgan fingerprint density at radius 1 is 1.23 bits per heavy atom. The lowest BCUT2D eigenvalue weighted by molar-refractivity contribution is -0.157. The number of ether oxygens (including phenoxy) is 1. The van der Waals surface area contributed by atoms with Crippen LogP contribution in [0.25, 0.3) is 0 Å². The lowest BCUT2D eigenvalue weighted by Crippen LogP contribution is -2.47. The SMILES string of the molecule is CN[C@@H](CNS(=O)(=O)c1ccc(C)cc1)C(=O)OC(C)(C)C. The van der Waals surface area contributed by atoms with Crippen LogP contribution in [0, 0.1) is 6.92 Å². The fourth-order valence-electron chi connectivity index (χ4n) is 1.67. The van der Waals surface area contributed by atoms with Gasteiger partial charge in [0.25, 0.3) is 0 Å². The van der Waals surface area contributed by atoms with Crippen LogP contribution in [-0.2, 0) is 19.6 Å². The predicted octanol–water partition coefficient (Wildman–Crippen LogP) is 1.20. The summed E-state index contributed by atoms with van der Waals surface area (Å²) in [5.41, 5.74) is 0.350. The van der Waals surface area contributed by atoms with Gasteiger partial charge in [-0.1, -0.05) is 17.7 Å². The normalized spacial score (nSPS) is 13.7. The Bertz CT molecular complexity index is 603. The van der Waals surface area contributed by atoms with Gasteiger partial charge in [-0.25, -0.2) is 13.1 Å². The lowest BCUT2D eigenvalue weighted by atomic mass is 10.2. The Morgan fingerprint density at radius 3 is 2.23 bits per heavy atom. The summed E-state index contributed by atoms with van der Waals surface area (Å²) in [5, 5.41) is 2.76. The summed E-state index contributed by atoms with van der Waals surface area (Å²) in [4.78, 5) is 12.1. The summed E-state index contributed by atoms with van der Waals surface area (Å²) in [5.74, 6) is -0.499. The van der Waals surface area contributed by atoms with Crippen molar-refractivity contribution in [3.63, 3.8) is 0 Å². The zero-order chi connectivity index (χ0) is 17.0. The first kappa shape index (κ1) is 18.6. The fourth-order valence-corrected chi connectivity index (χ4v) is 2.72. The van der Waals surface area contributed by atoms with Crippen LogP contribution in [0.4, 0.5) is 0 Å². The molecule has 6 nitrogen and oxygen atoms in total. The smallest absolute Gasteiger partial charge is 0.325 e. The highest BCUT2D eigenvalue weighted by Crippen LogP contribution is 2.11. The monoisotopic (exact) mass is 328 g/mol. The molecule has 1 atom stereocenters. The van der Waals surface area contributed by atoms with Crippen molar-refractivity contribution in [3.8, 4) is 0 Å². The molecule has 7 heteroatoms. The first-order valence-corrected chi connectivity index (χ1v) is 8.50. The summed E-state index contributed by atoms with van der Waals surface area (Å²) < 4.78 is 32.0. The van der Waals surface area contributed by atoms with E-state index in [2.05, 4.69) is 10.0 Å². The molecule has 124 valence electrons. The van der Waals surface area contributed by atoms with Crippen LogP contribution in [0.3, 0.4) is 0 Å². The summed E-state index contributed by atoms with van der Waals surface area (Å²) >= 11 is 0. The van der Waals surface area contributed by atoms with Gasteiger partial charge in [-0.05, 0) is 46.9 Å². The zero-order valence-corrected chi connectivity index (χ0v) is 14.5. The standard InChI is InChI=1S/C15H24N2O4S/c1-11-6-8-12(9-7-11)22(19,20)17-10-13(16-5)14(18)21-15(2,3)4/h6-9,13,16-17H,10H2,1-5H3/t13-/m0/s1. The summed E-state index contributed by atoms with van der Waals surface area (Å²) in [6.45, 7) is 7.07. The van der Waals surface area contributed by atoms with Crippen molar-refractivity contribution in [2.75, 3.05) is 13.6 Å². The van der Waals surface area contributed by atoms with E-state index in [9.17, 15) is 13.2 Å². The second-order valence-corrected chi connectivity index (χ2v) is 7.81. The van der Waals surface area contributed by atoms with Crippen LogP contribution in [0.2, 0.25) is 0 Å². The Morgan fingerprint density at radius 2 is 1.77 bits per heavy atom. The van der Waals surface area contributed by atoms with E-state index in [0.29, 0.717) is 0 Å². The fraction of sp³-hybridized carbons (Fsp3) is 0.533. The molecule has 0 aromatic heterocycles. The minimum absolute atomic E-state index is 0.0817. The van der Waals surface area contributed by atoms with Crippen molar-refractivity contribution < 1.29 is 17.9 Å². The summed E-state index contributed by atoms with van der Waals surface area (Å²) in [7, 11) is -2.08. The number of likely N-dealkylation sites (N-methyl/N-ethyl adjacent to an activating group) is 1. The van der Waals surface area contributed by atoms with Crippen LogP contribution in [0.1, 0.15) is 26.3 Å². The van der Waals surface area contributed by atoms with Crippen molar-refractivity contribution in [2.45, 2.75) is 44.2 Å². The third-order valence-electron chi connectivity index (χ3n) is 2.85. The molecule has 0 fully saturated rings. The van der Waals surface area contributed by atoms with E-state index in [4.69, 9.17) is 4.74 Å². The number of esters is 1. The number of carbonyl (C=O) groups excluding carboxylic acids is 1. The van der Waals surface area contributed by atoms with E-state index in [1.54, 1.807) is 40.0 Å². The van der Waals surface area contributed by atoms with E-state index >= 15 is 0 Å². The van der Waals surface area contributed by atoms with Crippen LogP contribution in [0.5, 0.6) is 0 Å². The first-order valence-electron chi connectivity index (χ1n) is 7.01. The number of nitrogens with one attached hydrogen (secondary N) is 2. The Hall–Kier alpha value is -1.44. The highest BCUT2D eigenvalue weighted by atomic mass is 32.2. The predicted molar refractivity (Wildman–Crippen MR) is 85.1 cm³/mol. The van der Waals surface area contributed by atoms with Crippen LogP contribution in [-0.4, -0.2) is 39.6 Å². The largest absolute Gasteiger partial charge is 0.459 e. The number of hydrogen-bond acceptors (Lipinski definition) is 5. The van der Waals surface area contributed by atoms with Gasteiger partial charge in [-0.3, -0.25) is 4.79 Å². The van der Waals surface area contributed by atoms with Gasteiger partial charge in [0.2, 0.25) is 10.0 Å². The number of hydrogen-bond donors (Lipinski definition) is 2.